The van der Waals surface area contributed by atoms with Gasteiger partial charge in [-0.3, -0.25) is 9.59 Å². The zero-order valence-corrected chi connectivity index (χ0v) is 14.9. The molecule has 2 aromatic carbocycles. The van der Waals surface area contributed by atoms with Crippen LogP contribution in [0.5, 0.6) is 11.5 Å². The van der Waals surface area contributed by atoms with Crippen LogP contribution in [-0.2, 0) is 0 Å². The van der Waals surface area contributed by atoms with E-state index in [1.54, 1.807) is 36.4 Å². The molecule has 0 unspecified atom stereocenters. The Bertz CT molecular complexity index is 860. The third-order valence-corrected chi connectivity index (χ3v) is 4.16. The number of methoxy groups -OCH3 is 1. The monoisotopic (exact) mass is 359 g/mol. The molecule has 0 bridgehead atoms. The molecule has 0 aliphatic carbocycles. The highest BCUT2D eigenvalue weighted by atomic mass is 35.5. The molecular weight excluding hydrogens is 342 g/mol. The Morgan fingerprint density at radius 3 is 2.72 bits per heavy atom. The number of amides is 1. The van der Waals surface area contributed by atoms with Gasteiger partial charge in [-0.25, -0.2) is 0 Å². The van der Waals surface area contributed by atoms with Gasteiger partial charge in [-0.05, 0) is 50.2 Å². The lowest BCUT2D eigenvalue weighted by Gasteiger charge is -2.31. The van der Waals surface area contributed by atoms with Crippen LogP contribution in [0, 0.1) is 0 Å². The topological polar surface area (TPSA) is 64.6 Å². The number of halogens is 1. The number of rotatable bonds is 3. The molecule has 25 heavy (non-hydrogen) atoms. The van der Waals surface area contributed by atoms with Crippen molar-refractivity contribution in [2.24, 2.45) is 0 Å². The van der Waals surface area contributed by atoms with Gasteiger partial charge < -0.3 is 14.8 Å². The van der Waals surface area contributed by atoms with Crippen LogP contribution >= 0.6 is 11.6 Å². The molecule has 0 saturated carbocycles. The van der Waals surface area contributed by atoms with Crippen LogP contribution in [0.4, 0.5) is 5.69 Å². The first kappa shape index (κ1) is 17.3. The van der Waals surface area contributed by atoms with Crippen LogP contribution in [0.25, 0.3) is 0 Å². The zero-order chi connectivity index (χ0) is 18.2. The van der Waals surface area contributed by atoms with E-state index in [0.29, 0.717) is 33.3 Å². The summed E-state index contributed by atoms with van der Waals surface area (Å²) in [7, 11) is 1.51. The lowest BCUT2D eigenvalue weighted by molar-refractivity contribution is 0.0620. The number of hydrogen-bond acceptors (Lipinski definition) is 4. The summed E-state index contributed by atoms with van der Waals surface area (Å²) >= 11 is 5.98. The Kier molecular flexibility index (Phi) is 4.43. The highest BCUT2D eigenvalue weighted by molar-refractivity contribution is 6.31. The summed E-state index contributed by atoms with van der Waals surface area (Å²) in [5.74, 6) is 0.595. The summed E-state index contributed by atoms with van der Waals surface area (Å²) in [6.45, 7) is 3.72. The van der Waals surface area contributed by atoms with Crippen LogP contribution in [0.1, 0.15) is 41.0 Å². The summed E-state index contributed by atoms with van der Waals surface area (Å²) in [5.41, 5.74) is 0.700. The highest BCUT2D eigenvalue weighted by Crippen LogP contribution is 2.34. The first-order chi connectivity index (χ1) is 11.8. The fraction of sp³-hybridized carbons (Fsp3) is 0.263. The van der Waals surface area contributed by atoms with Gasteiger partial charge in [-0.2, -0.15) is 0 Å². The minimum atomic E-state index is -0.540. The van der Waals surface area contributed by atoms with Crippen LogP contribution in [-0.4, -0.2) is 24.4 Å². The SMILES string of the molecule is COc1ccc(Cl)cc1NC(=O)c1ccc2c(c1)C(=O)CC(C)(C)O2. The number of hydrogen-bond donors (Lipinski definition) is 1. The van der Waals surface area contributed by atoms with Gasteiger partial charge in [0.05, 0.1) is 24.8 Å². The van der Waals surface area contributed by atoms with Gasteiger partial charge in [0.15, 0.2) is 5.78 Å². The number of benzene rings is 2. The van der Waals surface area contributed by atoms with Gasteiger partial charge in [-0.1, -0.05) is 11.6 Å². The van der Waals surface area contributed by atoms with Crippen molar-refractivity contribution in [1.82, 2.24) is 0 Å². The third-order valence-electron chi connectivity index (χ3n) is 3.92. The number of anilines is 1. The maximum atomic E-state index is 12.6. The molecule has 1 aliphatic heterocycles. The van der Waals surface area contributed by atoms with E-state index in [2.05, 4.69) is 5.32 Å². The number of ether oxygens (including phenoxy) is 2. The minimum Gasteiger partial charge on any atom is -0.495 e. The first-order valence-corrected chi connectivity index (χ1v) is 8.18. The average molecular weight is 360 g/mol. The zero-order valence-electron chi connectivity index (χ0n) is 14.2. The lowest BCUT2D eigenvalue weighted by Crippen LogP contribution is -2.36. The fourth-order valence-electron chi connectivity index (χ4n) is 2.77. The number of carbonyl (C=O) groups is 2. The first-order valence-electron chi connectivity index (χ1n) is 7.80. The molecule has 1 N–H and O–H groups in total. The number of nitrogens with one attached hydrogen (secondary N) is 1. The van der Waals surface area contributed by atoms with Crippen LogP contribution in [0.15, 0.2) is 36.4 Å². The molecule has 0 fully saturated rings. The predicted molar refractivity (Wildman–Crippen MR) is 96.1 cm³/mol. The van der Waals surface area contributed by atoms with Gasteiger partial charge in [0, 0.05) is 10.6 Å². The van der Waals surface area contributed by atoms with Crippen molar-refractivity contribution < 1.29 is 19.1 Å². The fourth-order valence-corrected chi connectivity index (χ4v) is 2.94. The van der Waals surface area contributed by atoms with Gasteiger partial charge in [0.1, 0.15) is 17.1 Å². The van der Waals surface area contributed by atoms with E-state index in [0.717, 1.165) is 0 Å². The van der Waals surface area contributed by atoms with Crippen LogP contribution in [0.3, 0.4) is 0 Å². The summed E-state index contributed by atoms with van der Waals surface area (Å²) < 4.78 is 11.0. The maximum Gasteiger partial charge on any atom is 0.255 e. The molecule has 0 spiro atoms. The molecule has 0 saturated heterocycles. The Balaban J connectivity index is 1.88. The van der Waals surface area contributed by atoms with Crippen LogP contribution in [0.2, 0.25) is 5.02 Å². The summed E-state index contributed by atoms with van der Waals surface area (Å²) in [6.07, 6.45) is 0.271. The Labute approximate surface area is 150 Å². The van der Waals surface area contributed by atoms with Gasteiger partial charge in [0.25, 0.3) is 5.91 Å². The molecule has 1 aliphatic rings. The second kappa shape index (κ2) is 6.41. The molecule has 1 amide bonds. The third kappa shape index (κ3) is 3.61. The normalized spacial score (nSPS) is 15.1. The highest BCUT2D eigenvalue weighted by Gasteiger charge is 2.32. The molecule has 6 heteroatoms. The molecule has 3 rings (SSSR count). The Hall–Kier alpha value is -2.53. The minimum absolute atomic E-state index is 0.0405. The second-order valence-electron chi connectivity index (χ2n) is 6.47. The van der Waals surface area contributed by atoms with E-state index in [1.807, 2.05) is 13.8 Å². The standard InChI is InChI=1S/C19H18ClNO4/c1-19(2)10-15(22)13-8-11(4-6-16(13)25-19)18(23)21-14-9-12(20)5-7-17(14)24-3/h4-9H,10H2,1-3H3,(H,21,23). The lowest BCUT2D eigenvalue weighted by atomic mass is 9.92. The number of fused-ring (bicyclic) bond motifs is 1. The summed E-state index contributed by atoms with van der Waals surface area (Å²) in [4.78, 5) is 24.9. The second-order valence-corrected chi connectivity index (χ2v) is 6.91. The van der Waals surface area contributed by atoms with Crippen molar-refractivity contribution in [3.8, 4) is 11.5 Å². The number of carbonyl (C=O) groups excluding carboxylic acids is 2. The largest absolute Gasteiger partial charge is 0.495 e. The summed E-state index contributed by atoms with van der Waals surface area (Å²) in [6, 6.07) is 9.78. The van der Waals surface area contributed by atoms with Crippen molar-refractivity contribution >= 4 is 29.0 Å². The molecule has 0 atom stereocenters. The molecule has 0 aromatic heterocycles. The van der Waals surface area contributed by atoms with Crippen molar-refractivity contribution in [2.45, 2.75) is 25.9 Å². The van der Waals surface area contributed by atoms with Crippen molar-refractivity contribution in [3.05, 3.63) is 52.5 Å². The molecule has 130 valence electrons. The smallest absolute Gasteiger partial charge is 0.255 e. The predicted octanol–water partition coefficient (Wildman–Crippen LogP) is 4.34. The van der Waals surface area contributed by atoms with E-state index in [-0.39, 0.29) is 18.1 Å². The van der Waals surface area contributed by atoms with Crippen molar-refractivity contribution in [1.29, 1.82) is 0 Å². The Morgan fingerprint density at radius 2 is 2.00 bits per heavy atom. The number of Topliss-reactive ketones (excluding diaryl/α,β-unsaturated/α-hetero) is 1. The Morgan fingerprint density at radius 1 is 1.24 bits per heavy atom. The van der Waals surface area contributed by atoms with Gasteiger partial charge in [0.2, 0.25) is 0 Å². The molecule has 5 nitrogen and oxygen atoms in total. The van der Waals surface area contributed by atoms with Gasteiger partial charge >= 0.3 is 0 Å². The average Bonchev–Trinajstić information content (AvgIpc) is 2.53. The molecule has 1 heterocycles. The van der Waals surface area contributed by atoms with E-state index in [1.165, 1.54) is 7.11 Å². The summed E-state index contributed by atoms with van der Waals surface area (Å²) in [5, 5.41) is 3.23. The van der Waals surface area contributed by atoms with E-state index in [9.17, 15) is 9.59 Å². The quantitative estimate of drug-likeness (QED) is 0.885. The molecule has 0 radical (unpaired) electrons. The maximum absolute atomic E-state index is 12.6. The van der Waals surface area contributed by atoms with E-state index >= 15 is 0 Å². The van der Waals surface area contributed by atoms with E-state index in [4.69, 9.17) is 21.1 Å². The molecular formula is C19H18ClNO4. The van der Waals surface area contributed by atoms with Crippen LogP contribution < -0.4 is 14.8 Å². The van der Waals surface area contributed by atoms with Gasteiger partial charge in [-0.15, -0.1) is 0 Å². The van der Waals surface area contributed by atoms with Crippen molar-refractivity contribution in [3.63, 3.8) is 0 Å². The number of ketones is 1. The van der Waals surface area contributed by atoms with E-state index < -0.39 is 5.60 Å². The van der Waals surface area contributed by atoms with Crippen molar-refractivity contribution in [2.75, 3.05) is 12.4 Å². The molecule has 2 aromatic rings.